The average Bonchev–Trinajstić information content (AvgIpc) is 2.43. The van der Waals surface area contributed by atoms with Crippen LogP contribution in [-0.2, 0) is 7.05 Å². The minimum atomic E-state index is -1.13. The summed E-state index contributed by atoms with van der Waals surface area (Å²) in [6, 6.07) is 0. The molecular formula is C13H21N3O4. The number of nitrogens with one attached hydrogen (secondary N) is 1. The molecule has 7 heteroatoms. The van der Waals surface area contributed by atoms with Crippen molar-refractivity contribution >= 4 is 5.91 Å². The number of carbonyl (C=O) groups is 1. The number of aliphatic hydroxyl groups excluding tert-OH is 2. The fourth-order valence-corrected chi connectivity index (χ4v) is 1.86. The van der Waals surface area contributed by atoms with Crippen LogP contribution in [0.3, 0.4) is 0 Å². The molecule has 0 aliphatic rings. The number of hydrogen-bond acceptors (Lipinski definition) is 5. The predicted octanol–water partition coefficient (Wildman–Crippen LogP) is -0.740. The number of amides is 1. The van der Waals surface area contributed by atoms with Gasteiger partial charge >= 0.3 is 0 Å². The number of aryl methyl sites for hydroxylation is 2. The first-order chi connectivity index (χ1) is 9.31. The molecular weight excluding hydrogens is 262 g/mol. The Morgan fingerprint density at radius 1 is 1.35 bits per heavy atom. The molecule has 0 fully saturated rings. The highest BCUT2D eigenvalue weighted by atomic mass is 16.3. The molecule has 0 aromatic carbocycles. The minimum Gasteiger partial charge on any atom is -0.394 e. The Bertz CT molecular complexity index is 553. The van der Waals surface area contributed by atoms with Crippen LogP contribution in [0.15, 0.2) is 4.79 Å². The van der Waals surface area contributed by atoms with E-state index in [1.807, 2.05) is 0 Å². The van der Waals surface area contributed by atoms with Crippen molar-refractivity contribution in [3.8, 4) is 0 Å². The number of nitrogens with zero attached hydrogens (tertiary/aromatic N) is 2. The van der Waals surface area contributed by atoms with Crippen molar-refractivity contribution < 1.29 is 15.0 Å². The summed E-state index contributed by atoms with van der Waals surface area (Å²) in [5.41, 5.74) is -0.587. The van der Waals surface area contributed by atoms with Crippen molar-refractivity contribution in [3.63, 3.8) is 0 Å². The van der Waals surface area contributed by atoms with Gasteiger partial charge in [-0.1, -0.05) is 6.92 Å². The van der Waals surface area contributed by atoms with E-state index in [1.165, 1.54) is 7.05 Å². The Balaban J connectivity index is 3.26. The fraction of sp³-hybridized carbons (Fsp3) is 0.615. The van der Waals surface area contributed by atoms with Crippen LogP contribution in [0.4, 0.5) is 0 Å². The van der Waals surface area contributed by atoms with E-state index < -0.39 is 30.2 Å². The third kappa shape index (κ3) is 2.88. The van der Waals surface area contributed by atoms with Gasteiger partial charge in [-0.25, -0.2) is 4.68 Å². The summed E-state index contributed by atoms with van der Waals surface area (Å²) in [6.45, 7) is 4.26. The summed E-state index contributed by atoms with van der Waals surface area (Å²) in [5, 5.41) is 25.2. The maximum absolute atomic E-state index is 12.3. The van der Waals surface area contributed by atoms with Crippen LogP contribution in [0, 0.1) is 13.8 Å². The van der Waals surface area contributed by atoms with E-state index in [-0.39, 0.29) is 5.56 Å². The Morgan fingerprint density at radius 3 is 2.35 bits per heavy atom. The van der Waals surface area contributed by atoms with Crippen LogP contribution >= 0.6 is 0 Å². The third-order valence-corrected chi connectivity index (χ3v) is 3.61. The van der Waals surface area contributed by atoms with Gasteiger partial charge in [0.1, 0.15) is 5.56 Å². The first kappa shape index (κ1) is 16.3. The van der Waals surface area contributed by atoms with E-state index in [0.717, 1.165) is 4.68 Å². The number of rotatable bonds is 5. The van der Waals surface area contributed by atoms with Crippen LogP contribution in [0.2, 0.25) is 0 Å². The molecule has 7 nitrogen and oxygen atoms in total. The summed E-state index contributed by atoms with van der Waals surface area (Å²) in [7, 11) is 1.47. The monoisotopic (exact) mass is 283 g/mol. The Labute approximate surface area is 117 Å². The second-order valence-electron chi connectivity index (χ2n) is 4.92. The lowest BCUT2D eigenvalue weighted by molar-refractivity contribution is 0.0650. The lowest BCUT2D eigenvalue weighted by Crippen LogP contribution is -2.55. The van der Waals surface area contributed by atoms with E-state index in [1.54, 1.807) is 20.8 Å². The zero-order chi connectivity index (χ0) is 15.5. The number of aliphatic hydroxyl groups is 2. The van der Waals surface area contributed by atoms with E-state index in [4.69, 9.17) is 0 Å². The molecule has 1 amide bonds. The van der Waals surface area contributed by atoms with Gasteiger partial charge in [-0.3, -0.25) is 9.59 Å². The van der Waals surface area contributed by atoms with E-state index in [9.17, 15) is 19.8 Å². The maximum atomic E-state index is 12.3. The van der Waals surface area contributed by atoms with Crippen molar-refractivity contribution in [2.75, 3.05) is 13.2 Å². The van der Waals surface area contributed by atoms with E-state index >= 15 is 0 Å². The van der Waals surface area contributed by atoms with Crippen LogP contribution in [0.1, 0.15) is 35.0 Å². The normalized spacial score (nSPS) is 11.5. The number of aromatic nitrogens is 2. The third-order valence-electron chi connectivity index (χ3n) is 3.61. The van der Waals surface area contributed by atoms with Crippen molar-refractivity contribution in [2.24, 2.45) is 7.05 Å². The quantitative estimate of drug-likeness (QED) is 0.660. The molecule has 0 unspecified atom stereocenters. The van der Waals surface area contributed by atoms with Gasteiger partial charge in [0.2, 0.25) is 0 Å². The van der Waals surface area contributed by atoms with Crippen molar-refractivity contribution in [1.29, 1.82) is 0 Å². The second kappa shape index (κ2) is 6.15. The molecule has 112 valence electrons. The minimum absolute atomic E-state index is 0.0141. The van der Waals surface area contributed by atoms with E-state index in [2.05, 4.69) is 10.4 Å². The lowest BCUT2D eigenvalue weighted by Gasteiger charge is -2.29. The first-order valence-electron chi connectivity index (χ1n) is 6.40. The Hall–Kier alpha value is -1.73. The zero-order valence-corrected chi connectivity index (χ0v) is 12.2. The van der Waals surface area contributed by atoms with Gasteiger partial charge in [-0.05, 0) is 25.8 Å². The predicted molar refractivity (Wildman–Crippen MR) is 73.6 cm³/mol. The molecule has 1 aromatic rings. The first-order valence-corrected chi connectivity index (χ1v) is 6.40. The average molecular weight is 283 g/mol. The molecule has 0 aliphatic carbocycles. The maximum Gasteiger partial charge on any atom is 0.279 e. The highest BCUT2D eigenvalue weighted by molar-refractivity contribution is 5.95. The summed E-state index contributed by atoms with van der Waals surface area (Å²) < 4.78 is 1.10. The SMILES string of the molecule is CCC(CO)(CO)NC(=O)c1c(C)c(C)nn(C)c1=O. The molecule has 20 heavy (non-hydrogen) atoms. The molecule has 0 atom stereocenters. The van der Waals surface area contributed by atoms with Crippen molar-refractivity contribution in [2.45, 2.75) is 32.7 Å². The summed E-state index contributed by atoms with van der Waals surface area (Å²) in [5.74, 6) is -0.612. The Morgan fingerprint density at radius 2 is 1.90 bits per heavy atom. The summed E-state index contributed by atoms with van der Waals surface area (Å²) in [4.78, 5) is 24.4. The number of carbonyl (C=O) groups excluding carboxylic acids is 1. The molecule has 0 spiro atoms. The van der Waals surface area contributed by atoms with Gasteiger partial charge in [0.25, 0.3) is 11.5 Å². The van der Waals surface area contributed by atoms with Gasteiger partial charge in [-0.2, -0.15) is 5.10 Å². The van der Waals surface area contributed by atoms with Crippen molar-refractivity contribution in [1.82, 2.24) is 15.1 Å². The standard InChI is InChI=1S/C13H21N3O4/c1-5-13(6-17,7-18)14-11(19)10-8(2)9(3)15-16(4)12(10)20/h17-18H,5-7H2,1-4H3,(H,14,19). The molecule has 1 heterocycles. The van der Waals surface area contributed by atoms with Gasteiger partial charge < -0.3 is 15.5 Å². The van der Waals surface area contributed by atoms with Crippen LogP contribution in [-0.4, -0.2) is 44.7 Å². The molecule has 0 saturated carbocycles. The van der Waals surface area contributed by atoms with Gasteiger partial charge in [0, 0.05) is 7.05 Å². The summed E-state index contributed by atoms with van der Waals surface area (Å²) in [6.07, 6.45) is 0.342. The molecule has 1 aromatic heterocycles. The summed E-state index contributed by atoms with van der Waals surface area (Å²) >= 11 is 0. The molecule has 3 N–H and O–H groups in total. The highest BCUT2D eigenvalue weighted by Gasteiger charge is 2.31. The van der Waals surface area contributed by atoms with Crippen LogP contribution in [0.25, 0.3) is 0 Å². The molecule has 0 aliphatic heterocycles. The molecule has 0 radical (unpaired) electrons. The van der Waals surface area contributed by atoms with Gasteiger partial charge in [0.05, 0.1) is 24.4 Å². The largest absolute Gasteiger partial charge is 0.394 e. The lowest BCUT2D eigenvalue weighted by atomic mass is 9.97. The fourth-order valence-electron chi connectivity index (χ4n) is 1.86. The molecule has 1 rings (SSSR count). The second-order valence-corrected chi connectivity index (χ2v) is 4.92. The van der Waals surface area contributed by atoms with E-state index in [0.29, 0.717) is 17.7 Å². The van der Waals surface area contributed by atoms with Gasteiger partial charge in [0.15, 0.2) is 0 Å². The van der Waals surface area contributed by atoms with Gasteiger partial charge in [-0.15, -0.1) is 0 Å². The Kier molecular flexibility index (Phi) is 5.02. The molecule has 0 saturated heterocycles. The molecule has 0 bridgehead atoms. The smallest absolute Gasteiger partial charge is 0.279 e. The topological polar surface area (TPSA) is 104 Å². The zero-order valence-electron chi connectivity index (χ0n) is 12.2. The van der Waals surface area contributed by atoms with Crippen molar-refractivity contribution in [3.05, 3.63) is 27.2 Å². The van der Waals surface area contributed by atoms with Crippen LogP contribution < -0.4 is 10.9 Å². The number of hydrogen-bond donors (Lipinski definition) is 3. The highest BCUT2D eigenvalue weighted by Crippen LogP contribution is 2.12. The van der Waals surface area contributed by atoms with Crippen LogP contribution in [0.5, 0.6) is 0 Å².